The highest BCUT2D eigenvalue weighted by molar-refractivity contribution is 5.70. The first kappa shape index (κ1) is 27.6. The van der Waals surface area contributed by atoms with Gasteiger partial charge in [-0.3, -0.25) is 19.2 Å². The topological polar surface area (TPSA) is 148 Å². The van der Waals surface area contributed by atoms with Crippen molar-refractivity contribution in [2.45, 2.75) is 96.2 Å². The minimum absolute atomic E-state index is 0.223. The van der Waals surface area contributed by atoms with Crippen molar-refractivity contribution in [3.63, 3.8) is 0 Å². The molecule has 4 aliphatic rings. The van der Waals surface area contributed by atoms with Crippen LogP contribution in [0.3, 0.4) is 0 Å². The van der Waals surface area contributed by atoms with Gasteiger partial charge in [0, 0.05) is 27.7 Å². The van der Waals surface area contributed by atoms with Gasteiger partial charge in [-0.05, 0) is 55.6 Å². The van der Waals surface area contributed by atoms with Crippen molar-refractivity contribution in [3.05, 3.63) is 23.7 Å². The minimum atomic E-state index is -2.13. The normalized spacial score (nSPS) is 41.9. The van der Waals surface area contributed by atoms with Crippen molar-refractivity contribution < 1.29 is 52.4 Å². The lowest BCUT2D eigenvalue weighted by molar-refractivity contribution is -0.348. The molecular formula is C28H36O11. The zero-order chi connectivity index (χ0) is 28.6. The van der Waals surface area contributed by atoms with Gasteiger partial charge >= 0.3 is 23.9 Å². The summed E-state index contributed by atoms with van der Waals surface area (Å²) in [5.74, 6) is -4.68. The van der Waals surface area contributed by atoms with E-state index >= 15 is 0 Å². The molecule has 0 aromatic carbocycles. The molecule has 39 heavy (non-hydrogen) atoms. The van der Waals surface area contributed by atoms with Crippen LogP contribution in [-0.2, 0) is 54.7 Å². The number of hydrogen-bond donors (Lipinski definition) is 1. The first-order chi connectivity index (χ1) is 18.2. The summed E-state index contributed by atoms with van der Waals surface area (Å²) in [5, 5.41) is 12.6. The molecule has 1 aliphatic heterocycles. The number of hydrogen-bond acceptors (Lipinski definition) is 11. The van der Waals surface area contributed by atoms with Gasteiger partial charge in [-0.1, -0.05) is 6.92 Å². The number of fused-ring (bicyclic) bond motifs is 6. The fraction of sp³-hybridized carbons (Fsp3) is 0.714. The number of furan rings is 1. The van der Waals surface area contributed by atoms with Gasteiger partial charge in [-0.25, -0.2) is 0 Å². The van der Waals surface area contributed by atoms with Crippen LogP contribution in [0, 0.1) is 16.7 Å². The zero-order valence-electron chi connectivity index (χ0n) is 23.2. The molecule has 1 aromatic rings. The lowest BCUT2D eigenvalue weighted by Gasteiger charge is -2.70. The van der Waals surface area contributed by atoms with Crippen molar-refractivity contribution in [2.75, 3.05) is 13.2 Å². The van der Waals surface area contributed by atoms with Crippen LogP contribution in [0.5, 0.6) is 0 Å². The molecule has 3 fully saturated rings. The molecule has 11 heteroatoms. The molecule has 1 unspecified atom stereocenters. The minimum Gasteiger partial charge on any atom is -0.468 e. The van der Waals surface area contributed by atoms with E-state index in [0.717, 1.165) is 5.56 Å². The number of carbonyl (C=O) groups excluding carboxylic acids is 4. The molecule has 0 radical (unpaired) electrons. The summed E-state index contributed by atoms with van der Waals surface area (Å²) < 4.78 is 35.7. The standard InChI is InChI=1S/C28H36O11/c1-15(29)35-14-27(39-18(4)32)21(37-16(2)30)8-7-20-24(5)11-9-19-10-12-34-22(19)25(24,6)28(33)23(38-17(3)31)26(20,27)13-36-28/h10,12,20-21,23,33H,7-9,11,13-14H2,1-6H3/t20-,21-,23-,24-,25-,26+,27?,28-/m1/s1. The predicted molar refractivity (Wildman–Crippen MR) is 131 cm³/mol. The van der Waals surface area contributed by atoms with E-state index in [-0.39, 0.29) is 13.0 Å². The maximum Gasteiger partial charge on any atom is 0.303 e. The van der Waals surface area contributed by atoms with Crippen molar-refractivity contribution in [1.29, 1.82) is 0 Å². The van der Waals surface area contributed by atoms with Crippen LogP contribution in [-0.4, -0.2) is 65.8 Å². The van der Waals surface area contributed by atoms with Crippen LogP contribution in [0.1, 0.15) is 72.1 Å². The fourth-order valence-electron chi connectivity index (χ4n) is 8.61. The van der Waals surface area contributed by atoms with Crippen LogP contribution in [0.15, 0.2) is 16.7 Å². The van der Waals surface area contributed by atoms with E-state index in [2.05, 4.69) is 0 Å². The predicted octanol–water partition coefficient (Wildman–Crippen LogP) is 2.35. The molecule has 1 aromatic heterocycles. The van der Waals surface area contributed by atoms with Gasteiger partial charge < -0.3 is 33.2 Å². The number of esters is 4. The zero-order valence-corrected chi connectivity index (χ0v) is 23.2. The Morgan fingerprint density at radius 3 is 2.31 bits per heavy atom. The maximum absolute atomic E-state index is 12.8. The smallest absolute Gasteiger partial charge is 0.303 e. The lowest BCUT2D eigenvalue weighted by Crippen LogP contribution is -2.82. The number of aliphatic hydroxyl groups is 1. The first-order valence-electron chi connectivity index (χ1n) is 13.3. The Bertz CT molecular complexity index is 1220. The summed E-state index contributed by atoms with van der Waals surface area (Å²) in [6, 6.07) is 1.86. The molecular weight excluding hydrogens is 512 g/mol. The third-order valence-electron chi connectivity index (χ3n) is 10.2. The number of carbonyl (C=O) groups is 4. The van der Waals surface area contributed by atoms with E-state index in [9.17, 15) is 24.3 Å². The van der Waals surface area contributed by atoms with Gasteiger partial charge in [-0.15, -0.1) is 0 Å². The summed E-state index contributed by atoms with van der Waals surface area (Å²) in [6.45, 7) is 8.05. The van der Waals surface area contributed by atoms with Gasteiger partial charge in [0.2, 0.25) is 5.79 Å². The lowest BCUT2D eigenvalue weighted by atomic mass is 9.35. The molecule has 1 N–H and O–H groups in total. The van der Waals surface area contributed by atoms with Crippen LogP contribution >= 0.6 is 0 Å². The SMILES string of the molecule is CC(=O)OCC1(OC(C)=O)[C@H](OC(C)=O)CC[C@H]2[C@]13CO[C@](O)([C@@H]3OC(C)=O)[C@]1(C)c3occc3CC[C@]21C. The molecule has 1 saturated heterocycles. The Balaban J connectivity index is 1.84. The highest BCUT2D eigenvalue weighted by Crippen LogP contribution is 2.76. The molecule has 1 spiro atoms. The Kier molecular flexibility index (Phi) is 6.23. The van der Waals surface area contributed by atoms with Gasteiger partial charge in [0.1, 0.15) is 18.5 Å². The van der Waals surface area contributed by atoms with Gasteiger partial charge in [0.25, 0.3) is 0 Å². The molecule has 3 aliphatic carbocycles. The van der Waals surface area contributed by atoms with Gasteiger partial charge in [0.15, 0.2) is 11.7 Å². The van der Waals surface area contributed by atoms with E-state index in [1.807, 2.05) is 19.9 Å². The van der Waals surface area contributed by atoms with Crippen molar-refractivity contribution in [3.8, 4) is 0 Å². The van der Waals surface area contributed by atoms with E-state index < -0.39 is 76.2 Å². The average molecular weight is 549 g/mol. The molecule has 2 heterocycles. The van der Waals surface area contributed by atoms with Crippen molar-refractivity contribution in [2.24, 2.45) is 16.7 Å². The second-order valence-corrected chi connectivity index (χ2v) is 11.8. The van der Waals surface area contributed by atoms with Crippen LogP contribution < -0.4 is 0 Å². The van der Waals surface area contributed by atoms with Gasteiger partial charge in [0.05, 0.1) is 23.7 Å². The van der Waals surface area contributed by atoms with Crippen molar-refractivity contribution >= 4 is 23.9 Å². The first-order valence-corrected chi connectivity index (χ1v) is 13.3. The number of ether oxygens (including phenoxy) is 5. The summed E-state index contributed by atoms with van der Waals surface area (Å²) >= 11 is 0. The fourth-order valence-corrected chi connectivity index (χ4v) is 8.61. The highest BCUT2D eigenvalue weighted by atomic mass is 16.7. The summed E-state index contributed by atoms with van der Waals surface area (Å²) in [7, 11) is 0. The molecule has 2 bridgehead atoms. The third kappa shape index (κ3) is 3.35. The second kappa shape index (κ2) is 8.79. The molecule has 2 saturated carbocycles. The van der Waals surface area contributed by atoms with E-state index in [1.54, 1.807) is 6.26 Å². The Hall–Kier alpha value is -2.92. The Labute approximate surface area is 226 Å². The van der Waals surface area contributed by atoms with Crippen LogP contribution in [0.2, 0.25) is 0 Å². The highest BCUT2D eigenvalue weighted by Gasteiger charge is 2.88. The van der Waals surface area contributed by atoms with E-state index in [1.165, 1.54) is 27.7 Å². The van der Waals surface area contributed by atoms with Crippen LogP contribution in [0.25, 0.3) is 0 Å². The molecule has 214 valence electrons. The molecule has 11 nitrogen and oxygen atoms in total. The molecule has 5 rings (SSSR count). The Morgan fingerprint density at radius 1 is 1.00 bits per heavy atom. The second-order valence-electron chi connectivity index (χ2n) is 11.8. The van der Waals surface area contributed by atoms with Crippen LogP contribution in [0.4, 0.5) is 0 Å². The van der Waals surface area contributed by atoms with Crippen molar-refractivity contribution in [1.82, 2.24) is 0 Å². The van der Waals surface area contributed by atoms with E-state index in [4.69, 9.17) is 28.1 Å². The largest absolute Gasteiger partial charge is 0.468 e. The average Bonchev–Trinajstić information content (AvgIpc) is 3.41. The Morgan fingerprint density at radius 2 is 1.69 bits per heavy atom. The quantitative estimate of drug-likeness (QED) is 0.427. The maximum atomic E-state index is 12.8. The summed E-state index contributed by atoms with van der Waals surface area (Å²) in [6.07, 6.45) is 1.11. The number of rotatable bonds is 5. The summed E-state index contributed by atoms with van der Waals surface area (Å²) in [5.41, 5.74) is -4.28. The molecule has 8 atom stereocenters. The monoisotopic (exact) mass is 548 g/mol. The number of aryl methyl sites for hydroxylation is 1. The van der Waals surface area contributed by atoms with E-state index in [0.29, 0.717) is 25.0 Å². The van der Waals surface area contributed by atoms with Gasteiger partial charge in [-0.2, -0.15) is 0 Å². The summed E-state index contributed by atoms with van der Waals surface area (Å²) in [4.78, 5) is 49.9. The molecule has 0 amide bonds. The third-order valence-corrected chi connectivity index (χ3v) is 10.2.